The van der Waals surface area contributed by atoms with Crippen LogP contribution in [0.4, 0.5) is 0 Å². The van der Waals surface area contributed by atoms with Crippen LogP contribution in [0.2, 0.25) is 0 Å². The molecule has 1 unspecified atom stereocenters. The number of sulfone groups is 1. The van der Waals surface area contributed by atoms with E-state index in [1.54, 1.807) is 41.2 Å². The number of ether oxygens (including phenoxy) is 2. The third kappa shape index (κ3) is 6.82. The number of imide groups is 1. The Morgan fingerprint density at radius 3 is 2.27 bits per heavy atom. The van der Waals surface area contributed by atoms with Crippen molar-refractivity contribution in [2.24, 2.45) is 0 Å². The average molecular weight is 697 g/mol. The van der Waals surface area contributed by atoms with Crippen LogP contribution in [0.5, 0.6) is 11.5 Å². The zero-order chi connectivity index (χ0) is 35.5. The van der Waals surface area contributed by atoms with Crippen LogP contribution in [0.3, 0.4) is 0 Å². The summed E-state index contributed by atoms with van der Waals surface area (Å²) < 4.78 is 38.1. The second kappa shape index (κ2) is 13.9. The Balaban J connectivity index is 1.40. The van der Waals surface area contributed by atoms with Gasteiger partial charge in [0.25, 0.3) is 11.8 Å². The SMILES string of the molecule is COc1ccc(C2=C(C#N)C(=O)N(C3CCS(=O)(=O)C3)C(=O)/C2=C\c2cn(-c3ccccc3)nc2-c2cccc(OCc3ccccc3)c2)cc1. The van der Waals surface area contributed by atoms with Crippen molar-refractivity contribution in [2.75, 3.05) is 18.6 Å². The van der Waals surface area contributed by atoms with Crippen molar-refractivity contribution < 1.29 is 27.5 Å². The van der Waals surface area contributed by atoms with Gasteiger partial charge in [0.2, 0.25) is 0 Å². The number of nitrogens with zero attached hydrogens (tertiary/aromatic N) is 4. The average Bonchev–Trinajstić information content (AvgIpc) is 3.75. The van der Waals surface area contributed by atoms with Crippen LogP contribution in [-0.4, -0.2) is 59.6 Å². The molecule has 0 aliphatic carbocycles. The fourth-order valence-electron chi connectivity index (χ4n) is 6.36. The fraction of sp³-hybridized carbons (Fsp3) is 0.150. The maximum absolute atomic E-state index is 14.5. The lowest BCUT2D eigenvalue weighted by atomic mass is 9.86. The maximum atomic E-state index is 14.5. The van der Waals surface area contributed by atoms with Gasteiger partial charge in [-0.15, -0.1) is 0 Å². The molecular weight excluding hydrogens is 665 g/mol. The molecule has 254 valence electrons. The van der Waals surface area contributed by atoms with E-state index in [-0.39, 0.29) is 34.6 Å². The van der Waals surface area contributed by atoms with E-state index in [2.05, 4.69) is 0 Å². The molecule has 11 heteroatoms. The molecule has 0 bridgehead atoms. The molecule has 0 saturated carbocycles. The van der Waals surface area contributed by atoms with Crippen LogP contribution in [0.25, 0.3) is 28.6 Å². The van der Waals surface area contributed by atoms with Crippen molar-refractivity contribution in [1.29, 1.82) is 5.26 Å². The van der Waals surface area contributed by atoms with Gasteiger partial charge in [-0.1, -0.05) is 72.8 Å². The van der Waals surface area contributed by atoms with E-state index in [0.717, 1.165) is 16.2 Å². The van der Waals surface area contributed by atoms with E-state index in [1.807, 2.05) is 91.0 Å². The van der Waals surface area contributed by atoms with Crippen molar-refractivity contribution in [2.45, 2.75) is 19.1 Å². The molecule has 51 heavy (non-hydrogen) atoms. The van der Waals surface area contributed by atoms with Crippen LogP contribution in [0, 0.1) is 11.3 Å². The van der Waals surface area contributed by atoms with Gasteiger partial charge in [-0.25, -0.2) is 13.1 Å². The summed E-state index contributed by atoms with van der Waals surface area (Å²) in [4.78, 5) is 29.4. The number of hydrogen-bond acceptors (Lipinski definition) is 8. The van der Waals surface area contributed by atoms with Gasteiger partial charge >= 0.3 is 0 Å². The molecule has 1 saturated heterocycles. The first-order valence-electron chi connectivity index (χ1n) is 16.3. The van der Waals surface area contributed by atoms with Crippen molar-refractivity contribution in [3.8, 4) is 34.5 Å². The summed E-state index contributed by atoms with van der Waals surface area (Å²) in [6, 6.07) is 34.6. The van der Waals surface area contributed by atoms with Crippen molar-refractivity contribution >= 4 is 33.3 Å². The highest BCUT2D eigenvalue weighted by Crippen LogP contribution is 2.39. The number of amides is 2. The van der Waals surface area contributed by atoms with E-state index in [9.17, 15) is 23.3 Å². The summed E-state index contributed by atoms with van der Waals surface area (Å²) in [6.07, 6.45) is 3.50. The molecule has 3 heterocycles. The Bertz CT molecular complexity index is 2340. The molecule has 0 radical (unpaired) electrons. The Morgan fingerprint density at radius 2 is 1.61 bits per heavy atom. The standard InChI is InChI=1S/C40H32N4O6S/c1-49-33-17-15-28(16-18-33)37-35(39(45)44(40(46)36(37)23-41)32-19-20-51(47,48)26-32)22-30-24-43(31-12-6-3-7-13-31)42-38(30)29-11-8-14-34(21-29)50-25-27-9-4-2-5-10-27/h2-18,21-22,24,32H,19-20,25-26H2,1H3/b35-22-. The molecule has 2 aliphatic heterocycles. The summed E-state index contributed by atoms with van der Waals surface area (Å²) in [5.41, 5.74) is 3.93. The van der Waals surface area contributed by atoms with Crippen molar-refractivity contribution in [3.63, 3.8) is 0 Å². The highest BCUT2D eigenvalue weighted by molar-refractivity contribution is 7.91. The summed E-state index contributed by atoms with van der Waals surface area (Å²) in [5.74, 6) is -0.859. The second-order valence-corrected chi connectivity index (χ2v) is 14.4. The van der Waals surface area contributed by atoms with Crippen LogP contribution in [0.15, 0.2) is 127 Å². The van der Waals surface area contributed by atoms with Gasteiger partial charge < -0.3 is 9.47 Å². The Hall–Kier alpha value is -6.25. The van der Waals surface area contributed by atoms with Gasteiger partial charge in [0, 0.05) is 22.9 Å². The van der Waals surface area contributed by atoms with E-state index >= 15 is 0 Å². The lowest BCUT2D eigenvalue weighted by Gasteiger charge is -2.32. The monoisotopic (exact) mass is 696 g/mol. The Labute approximate surface area is 295 Å². The first kappa shape index (κ1) is 33.3. The van der Waals surface area contributed by atoms with Gasteiger partial charge in [-0.05, 0) is 60.0 Å². The first-order valence-corrected chi connectivity index (χ1v) is 18.1. The topological polar surface area (TPSA) is 132 Å². The number of para-hydroxylation sites is 1. The molecule has 7 rings (SSSR count). The minimum Gasteiger partial charge on any atom is -0.497 e. The van der Waals surface area contributed by atoms with Crippen molar-refractivity contribution in [1.82, 2.24) is 14.7 Å². The number of hydrogen-bond donors (Lipinski definition) is 0. The largest absolute Gasteiger partial charge is 0.497 e. The molecule has 1 fully saturated rings. The summed E-state index contributed by atoms with van der Waals surface area (Å²) in [5, 5.41) is 15.3. The summed E-state index contributed by atoms with van der Waals surface area (Å²) in [7, 11) is -1.94. The van der Waals surface area contributed by atoms with Crippen LogP contribution >= 0.6 is 0 Å². The highest BCUT2D eigenvalue weighted by Gasteiger charge is 2.45. The molecular formula is C40H32N4O6S. The van der Waals surface area contributed by atoms with E-state index < -0.39 is 27.7 Å². The van der Waals surface area contributed by atoms with Crippen LogP contribution in [0.1, 0.15) is 23.1 Å². The molecule has 1 aromatic heterocycles. The number of carbonyl (C=O) groups excluding carboxylic acids is 2. The number of aromatic nitrogens is 2. The molecule has 10 nitrogen and oxygen atoms in total. The maximum Gasteiger partial charge on any atom is 0.272 e. The molecule has 4 aromatic carbocycles. The van der Waals surface area contributed by atoms with Gasteiger partial charge in [0.05, 0.1) is 35.9 Å². The minimum atomic E-state index is -3.47. The van der Waals surface area contributed by atoms with Gasteiger partial charge in [-0.3, -0.25) is 14.5 Å². The van der Waals surface area contributed by atoms with Gasteiger partial charge in [0.15, 0.2) is 9.84 Å². The smallest absolute Gasteiger partial charge is 0.272 e. The molecule has 0 spiro atoms. The number of carbonyl (C=O) groups is 2. The Morgan fingerprint density at radius 1 is 0.882 bits per heavy atom. The van der Waals surface area contributed by atoms with E-state index in [0.29, 0.717) is 40.5 Å². The third-order valence-corrected chi connectivity index (χ3v) is 10.6. The summed E-state index contributed by atoms with van der Waals surface area (Å²) >= 11 is 0. The lowest BCUT2D eigenvalue weighted by molar-refractivity contribution is -0.142. The zero-order valence-corrected chi connectivity index (χ0v) is 28.4. The molecule has 2 aliphatic rings. The van der Waals surface area contributed by atoms with E-state index in [4.69, 9.17) is 14.6 Å². The molecule has 0 N–H and O–H groups in total. The summed E-state index contributed by atoms with van der Waals surface area (Å²) in [6.45, 7) is 0.363. The second-order valence-electron chi connectivity index (χ2n) is 12.2. The normalized spacial score (nSPS) is 17.8. The predicted octanol–water partition coefficient (Wildman–Crippen LogP) is 6.04. The number of benzene rings is 4. The van der Waals surface area contributed by atoms with Crippen molar-refractivity contribution in [3.05, 3.63) is 143 Å². The first-order chi connectivity index (χ1) is 24.7. The van der Waals surface area contributed by atoms with E-state index in [1.165, 1.54) is 7.11 Å². The predicted molar refractivity (Wildman–Crippen MR) is 192 cm³/mol. The third-order valence-electron chi connectivity index (χ3n) is 8.88. The van der Waals surface area contributed by atoms with Gasteiger partial charge in [0.1, 0.15) is 35.4 Å². The fourth-order valence-corrected chi connectivity index (χ4v) is 8.06. The molecule has 5 aromatic rings. The minimum absolute atomic E-state index is 0.0611. The number of nitriles is 1. The van der Waals surface area contributed by atoms with Crippen LogP contribution < -0.4 is 9.47 Å². The quantitative estimate of drug-likeness (QED) is 0.135. The molecule has 1 atom stereocenters. The highest BCUT2D eigenvalue weighted by atomic mass is 32.2. The lowest BCUT2D eigenvalue weighted by Crippen LogP contribution is -2.49. The molecule has 2 amide bonds. The van der Waals surface area contributed by atoms with Gasteiger partial charge in [-0.2, -0.15) is 10.4 Å². The number of methoxy groups -OCH3 is 1. The zero-order valence-electron chi connectivity index (χ0n) is 27.6. The van der Waals surface area contributed by atoms with Crippen LogP contribution in [-0.2, 0) is 26.0 Å². The Kier molecular flexibility index (Phi) is 9.09. The number of rotatable bonds is 9.